The van der Waals surface area contributed by atoms with Gasteiger partial charge in [0.25, 0.3) is 0 Å². The molecule has 1 aromatic rings. The summed E-state index contributed by atoms with van der Waals surface area (Å²) in [4.78, 5) is 38.8. The summed E-state index contributed by atoms with van der Waals surface area (Å²) in [6, 6.07) is 2.02. The quantitative estimate of drug-likeness (QED) is 0.724. The lowest BCUT2D eigenvalue weighted by molar-refractivity contribution is -0.118. The van der Waals surface area contributed by atoms with Crippen molar-refractivity contribution in [3.05, 3.63) is 24.0 Å². The van der Waals surface area contributed by atoms with Crippen LogP contribution in [0.3, 0.4) is 0 Å². The number of amides is 3. The summed E-state index contributed by atoms with van der Waals surface area (Å²) < 4.78 is 0. The molecule has 1 aromatic heterocycles. The van der Waals surface area contributed by atoms with Gasteiger partial charge in [0, 0.05) is 12.2 Å². The van der Waals surface area contributed by atoms with Crippen molar-refractivity contribution >= 4 is 23.6 Å². The minimum Gasteiger partial charge on any atom is -0.476 e. The van der Waals surface area contributed by atoms with Crippen LogP contribution in [0.2, 0.25) is 0 Å². The van der Waals surface area contributed by atoms with E-state index >= 15 is 0 Å². The van der Waals surface area contributed by atoms with Gasteiger partial charge in [-0.15, -0.1) is 0 Å². The van der Waals surface area contributed by atoms with Crippen LogP contribution in [-0.2, 0) is 4.79 Å². The number of primary amides is 1. The zero-order valence-corrected chi connectivity index (χ0v) is 11.2. The largest absolute Gasteiger partial charge is 0.476 e. The third kappa shape index (κ3) is 3.94. The van der Waals surface area contributed by atoms with Crippen LogP contribution in [0.5, 0.6) is 0 Å². The van der Waals surface area contributed by atoms with Crippen LogP contribution >= 0.6 is 0 Å². The number of rotatable bonds is 5. The SMILES string of the molecule is CC(C)N(CC(N)=O)C(=O)Nc1cccnc1C(=O)O. The summed E-state index contributed by atoms with van der Waals surface area (Å²) in [5, 5.41) is 11.4. The van der Waals surface area contributed by atoms with Crippen LogP contribution in [-0.4, -0.2) is 45.5 Å². The van der Waals surface area contributed by atoms with Gasteiger partial charge in [0.15, 0.2) is 5.69 Å². The highest BCUT2D eigenvalue weighted by Crippen LogP contribution is 2.13. The van der Waals surface area contributed by atoms with E-state index in [-0.39, 0.29) is 24.0 Å². The van der Waals surface area contributed by atoms with Crippen LogP contribution in [0.25, 0.3) is 0 Å². The van der Waals surface area contributed by atoms with Gasteiger partial charge in [-0.3, -0.25) is 4.79 Å². The lowest BCUT2D eigenvalue weighted by Crippen LogP contribution is -2.45. The summed E-state index contributed by atoms with van der Waals surface area (Å²) >= 11 is 0. The molecule has 20 heavy (non-hydrogen) atoms. The van der Waals surface area contributed by atoms with E-state index in [0.717, 1.165) is 0 Å². The van der Waals surface area contributed by atoms with Crippen LogP contribution in [0.1, 0.15) is 24.3 Å². The Balaban J connectivity index is 2.94. The molecule has 0 atom stereocenters. The monoisotopic (exact) mass is 280 g/mol. The van der Waals surface area contributed by atoms with E-state index in [1.807, 2.05) is 0 Å². The smallest absolute Gasteiger partial charge is 0.356 e. The number of carbonyl (C=O) groups is 3. The molecule has 0 unspecified atom stereocenters. The van der Waals surface area contributed by atoms with Crippen LogP contribution in [0.4, 0.5) is 10.5 Å². The van der Waals surface area contributed by atoms with Gasteiger partial charge >= 0.3 is 12.0 Å². The highest BCUT2D eigenvalue weighted by atomic mass is 16.4. The highest BCUT2D eigenvalue weighted by molar-refractivity contribution is 5.99. The molecule has 8 nitrogen and oxygen atoms in total. The number of aromatic carboxylic acids is 1. The Kier molecular flexibility index (Phi) is 5.01. The van der Waals surface area contributed by atoms with Crippen molar-refractivity contribution in [1.82, 2.24) is 9.88 Å². The second-order valence-corrected chi connectivity index (χ2v) is 4.32. The summed E-state index contributed by atoms with van der Waals surface area (Å²) in [6.07, 6.45) is 1.31. The first kappa shape index (κ1) is 15.4. The third-order valence-corrected chi connectivity index (χ3v) is 2.46. The molecular formula is C12H16N4O4. The van der Waals surface area contributed by atoms with Gasteiger partial charge in [-0.2, -0.15) is 0 Å². The fraction of sp³-hybridized carbons (Fsp3) is 0.333. The molecule has 108 valence electrons. The molecule has 1 heterocycles. The number of hydrogen-bond acceptors (Lipinski definition) is 4. The molecular weight excluding hydrogens is 264 g/mol. The van der Waals surface area contributed by atoms with Gasteiger partial charge in [-0.1, -0.05) is 0 Å². The molecule has 0 aliphatic rings. The fourth-order valence-corrected chi connectivity index (χ4v) is 1.52. The predicted molar refractivity (Wildman–Crippen MR) is 71.3 cm³/mol. The lowest BCUT2D eigenvalue weighted by atomic mass is 10.3. The van der Waals surface area contributed by atoms with Gasteiger partial charge in [0.05, 0.1) is 5.69 Å². The molecule has 0 spiro atoms. The normalized spacial score (nSPS) is 10.2. The summed E-state index contributed by atoms with van der Waals surface area (Å²) in [6.45, 7) is 3.17. The van der Waals surface area contributed by atoms with Gasteiger partial charge in [0.2, 0.25) is 5.91 Å². The zero-order valence-electron chi connectivity index (χ0n) is 11.2. The minimum atomic E-state index is -1.26. The number of carboxylic acids is 1. The minimum absolute atomic E-state index is 0.0557. The molecule has 0 fully saturated rings. The topological polar surface area (TPSA) is 126 Å². The van der Waals surface area contributed by atoms with E-state index < -0.39 is 17.9 Å². The summed E-state index contributed by atoms with van der Waals surface area (Å²) in [5.74, 6) is -1.91. The maximum atomic E-state index is 12.1. The lowest BCUT2D eigenvalue weighted by Gasteiger charge is -2.25. The molecule has 1 rings (SSSR count). The Bertz CT molecular complexity index is 530. The molecule has 0 radical (unpaired) electrons. The molecule has 0 aliphatic carbocycles. The molecule has 0 saturated heterocycles. The van der Waals surface area contributed by atoms with E-state index in [1.54, 1.807) is 13.8 Å². The maximum Gasteiger partial charge on any atom is 0.356 e. The Morgan fingerprint density at radius 3 is 2.60 bits per heavy atom. The van der Waals surface area contributed by atoms with Crippen molar-refractivity contribution < 1.29 is 19.5 Å². The zero-order chi connectivity index (χ0) is 15.3. The van der Waals surface area contributed by atoms with Gasteiger partial charge in [-0.25, -0.2) is 14.6 Å². The second-order valence-electron chi connectivity index (χ2n) is 4.32. The molecule has 4 N–H and O–H groups in total. The maximum absolute atomic E-state index is 12.1. The first-order valence-corrected chi connectivity index (χ1v) is 5.87. The van der Waals surface area contributed by atoms with Crippen molar-refractivity contribution in [3.8, 4) is 0 Å². The number of anilines is 1. The van der Waals surface area contributed by atoms with E-state index in [0.29, 0.717) is 0 Å². The third-order valence-electron chi connectivity index (χ3n) is 2.46. The van der Waals surface area contributed by atoms with Crippen molar-refractivity contribution in [2.45, 2.75) is 19.9 Å². The van der Waals surface area contributed by atoms with Crippen molar-refractivity contribution in [3.63, 3.8) is 0 Å². The van der Waals surface area contributed by atoms with E-state index in [1.165, 1.54) is 23.2 Å². The number of urea groups is 1. The van der Waals surface area contributed by atoms with Crippen molar-refractivity contribution in [2.75, 3.05) is 11.9 Å². The first-order chi connectivity index (χ1) is 9.32. The van der Waals surface area contributed by atoms with Gasteiger partial charge in [0.1, 0.15) is 6.54 Å². The Morgan fingerprint density at radius 1 is 1.45 bits per heavy atom. The van der Waals surface area contributed by atoms with Crippen LogP contribution in [0, 0.1) is 0 Å². The average molecular weight is 280 g/mol. The Morgan fingerprint density at radius 2 is 2.10 bits per heavy atom. The number of nitrogens with two attached hydrogens (primary N) is 1. The number of nitrogens with zero attached hydrogens (tertiary/aromatic N) is 2. The van der Waals surface area contributed by atoms with Gasteiger partial charge in [-0.05, 0) is 26.0 Å². The number of nitrogens with one attached hydrogen (secondary N) is 1. The van der Waals surface area contributed by atoms with Crippen molar-refractivity contribution in [2.24, 2.45) is 5.73 Å². The van der Waals surface area contributed by atoms with Crippen LogP contribution < -0.4 is 11.1 Å². The highest BCUT2D eigenvalue weighted by Gasteiger charge is 2.21. The predicted octanol–water partition coefficient (Wildman–Crippen LogP) is 0.507. The summed E-state index contributed by atoms with van der Waals surface area (Å²) in [7, 11) is 0. The standard InChI is InChI=1S/C12H16N4O4/c1-7(2)16(6-9(13)17)12(20)15-8-4-3-5-14-10(8)11(18)19/h3-5,7H,6H2,1-2H3,(H2,13,17)(H,15,20)(H,18,19). The fourth-order valence-electron chi connectivity index (χ4n) is 1.52. The van der Waals surface area contributed by atoms with Gasteiger partial charge < -0.3 is 21.1 Å². The number of carboxylic acid groups (broad SMARTS) is 1. The molecule has 8 heteroatoms. The molecule has 0 saturated carbocycles. The van der Waals surface area contributed by atoms with E-state index in [4.69, 9.17) is 10.8 Å². The molecule has 0 aromatic carbocycles. The average Bonchev–Trinajstić information content (AvgIpc) is 2.35. The second kappa shape index (κ2) is 6.50. The molecule has 0 aliphatic heterocycles. The van der Waals surface area contributed by atoms with E-state index in [9.17, 15) is 14.4 Å². The van der Waals surface area contributed by atoms with Crippen LogP contribution in [0.15, 0.2) is 18.3 Å². The number of carbonyl (C=O) groups excluding carboxylic acids is 2. The molecule has 3 amide bonds. The Labute approximate surface area is 115 Å². The van der Waals surface area contributed by atoms with E-state index in [2.05, 4.69) is 10.3 Å². The van der Waals surface area contributed by atoms with Crippen molar-refractivity contribution in [1.29, 1.82) is 0 Å². The number of hydrogen-bond donors (Lipinski definition) is 3. The molecule has 0 bridgehead atoms. The Hall–Kier alpha value is -2.64. The number of pyridine rings is 1. The summed E-state index contributed by atoms with van der Waals surface area (Å²) in [5.41, 5.74) is 4.85. The first-order valence-electron chi connectivity index (χ1n) is 5.87. The number of aromatic nitrogens is 1.